The molecular weight excluding hydrogens is 482 g/mol. The van der Waals surface area contributed by atoms with Gasteiger partial charge in [0.05, 0.1) is 0 Å². The molecule has 3 aromatic carbocycles. The second-order valence-corrected chi connectivity index (χ2v) is 10.3. The number of rotatable bonds is 7. The van der Waals surface area contributed by atoms with E-state index in [4.69, 9.17) is 16.3 Å². The molecule has 0 spiro atoms. The predicted octanol–water partition coefficient (Wildman–Crippen LogP) is 8.51. The highest BCUT2D eigenvalue weighted by Crippen LogP contribution is 2.40. The Morgan fingerprint density at radius 1 is 1.03 bits per heavy atom. The van der Waals surface area contributed by atoms with E-state index in [2.05, 4.69) is 60.3 Å². The van der Waals surface area contributed by atoms with E-state index >= 15 is 0 Å². The average molecular weight is 510 g/mol. The topological polar surface area (TPSA) is 55.7 Å². The number of fused-ring (bicyclic) bond motifs is 1. The van der Waals surface area contributed by atoms with Crippen LogP contribution in [0.25, 0.3) is 33.9 Å². The summed E-state index contributed by atoms with van der Waals surface area (Å²) < 4.78 is 6.37. The standard InChI is InChI=1S/C32H28ClNO3/c1-20-12-26(32(19-35)34-36)16-27(13-20)37-28-14-21(2)29-18-31(33)30(17-25(29)15-28)24-10-8-23(9-11-24)22-6-4-3-5-7-22/h3-11,13,15,17-19,26-27,32H,2,12,14,16H2,1H3. The summed E-state index contributed by atoms with van der Waals surface area (Å²) in [6.45, 7) is 6.27. The second-order valence-electron chi connectivity index (χ2n) is 9.85. The lowest BCUT2D eigenvalue weighted by atomic mass is 9.83. The van der Waals surface area contributed by atoms with Gasteiger partial charge in [0.2, 0.25) is 0 Å². The summed E-state index contributed by atoms with van der Waals surface area (Å²) in [4.78, 5) is 22.4. The molecule has 0 saturated heterocycles. The normalized spacial score (nSPS) is 19.8. The monoisotopic (exact) mass is 509 g/mol. The number of allylic oxidation sites excluding steroid dienone is 2. The van der Waals surface area contributed by atoms with Crippen molar-refractivity contribution in [2.45, 2.75) is 38.3 Å². The summed E-state index contributed by atoms with van der Waals surface area (Å²) >= 11 is 6.74. The zero-order valence-corrected chi connectivity index (χ0v) is 21.4. The van der Waals surface area contributed by atoms with Crippen LogP contribution in [0.2, 0.25) is 5.02 Å². The van der Waals surface area contributed by atoms with Gasteiger partial charge in [0.15, 0.2) is 6.04 Å². The third kappa shape index (κ3) is 5.35. The molecular formula is C32H28ClNO3. The molecule has 5 heteroatoms. The summed E-state index contributed by atoms with van der Waals surface area (Å²) in [6.07, 6.45) is 6.36. The SMILES string of the molecule is C=C1CC(OC2C=C(C)CC(C(C=O)N=O)C2)=Cc2cc(-c3ccc(-c4ccccc4)cc3)c(Cl)cc21. The molecule has 0 fully saturated rings. The van der Waals surface area contributed by atoms with E-state index in [9.17, 15) is 9.70 Å². The van der Waals surface area contributed by atoms with Gasteiger partial charge in [0.25, 0.3) is 0 Å². The summed E-state index contributed by atoms with van der Waals surface area (Å²) in [5.41, 5.74) is 8.36. The quantitative estimate of drug-likeness (QED) is 0.182. The fourth-order valence-electron chi connectivity index (χ4n) is 5.32. The highest BCUT2D eigenvalue weighted by molar-refractivity contribution is 6.33. The number of hydrogen-bond acceptors (Lipinski definition) is 4. The van der Waals surface area contributed by atoms with Gasteiger partial charge in [0, 0.05) is 17.0 Å². The Hall–Kier alpha value is -3.76. The van der Waals surface area contributed by atoms with Crippen LogP contribution >= 0.6 is 11.6 Å². The molecule has 0 radical (unpaired) electrons. The lowest BCUT2D eigenvalue weighted by Gasteiger charge is -2.30. The highest BCUT2D eigenvalue weighted by Gasteiger charge is 2.30. The number of benzene rings is 3. The Bertz CT molecular complexity index is 1400. The maximum Gasteiger partial charge on any atom is 0.150 e. The summed E-state index contributed by atoms with van der Waals surface area (Å²) in [5, 5.41) is 3.70. The lowest BCUT2D eigenvalue weighted by molar-refractivity contribution is -0.110. The summed E-state index contributed by atoms with van der Waals surface area (Å²) in [5.74, 6) is 0.663. The first-order valence-electron chi connectivity index (χ1n) is 12.4. The number of halogens is 1. The minimum absolute atomic E-state index is 0.144. The highest BCUT2D eigenvalue weighted by atomic mass is 35.5. The van der Waals surface area contributed by atoms with Crippen molar-refractivity contribution >= 4 is 29.5 Å². The van der Waals surface area contributed by atoms with Crippen LogP contribution in [0, 0.1) is 10.8 Å². The number of hydrogen-bond donors (Lipinski definition) is 0. The molecule has 3 aromatic rings. The first-order valence-corrected chi connectivity index (χ1v) is 12.8. The Kier molecular flexibility index (Phi) is 7.20. The zero-order valence-electron chi connectivity index (χ0n) is 20.7. The maximum atomic E-state index is 11.3. The molecule has 0 heterocycles. The molecule has 186 valence electrons. The first-order chi connectivity index (χ1) is 17.9. The number of carbonyl (C=O) groups is 1. The van der Waals surface area contributed by atoms with Gasteiger partial charge in [-0.15, -0.1) is 0 Å². The van der Waals surface area contributed by atoms with Crippen molar-refractivity contribution < 1.29 is 9.53 Å². The first kappa shape index (κ1) is 24.9. The van der Waals surface area contributed by atoms with Gasteiger partial charge >= 0.3 is 0 Å². The third-order valence-electron chi connectivity index (χ3n) is 7.16. The number of nitrogens with zero attached hydrogens (tertiary/aromatic N) is 1. The van der Waals surface area contributed by atoms with Gasteiger partial charge in [-0.05, 0) is 83.4 Å². The number of carbonyl (C=O) groups excluding carboxylic acids is 1. The van der Waals surface area contributed by atoms with Gasteiger partial charge < -0.3 is 9.53 Å². The minimum Gasteiger partial charge on any atom is -0.490 e. The van der Waals surface area contributed by atoms with Crippen LogP contribution in [-0.2, 0) is 9.53 Å². The van der Waals surface area contributed by atoms with Crippen LogP contribution in [-0.4, -0.2) is 18.4 Å². The van der Waals surface area contributed by atoms with Crippen LogP contribution in [0.15, 0.2) is 95.9 Å². The Morgan fingerprint density at radius 2 is 1.73 bits per heavy atom. The van der Waals surface area contributed by atoms with Gasteiger partial charge in [0.1, 0.15) is 18.1 Å². The van der Waals surface area contributed by atoms with Crippen molar-refractivity contribution in [1.29, 1.82) is 0 Å². The second kappa shape index (κ2) is 10.7. The molecule has 3 unspecified atom stereocenters. The van der Waals surface area contributed by atoms with Gasteiger partial charge in [-0.3, -0.25) is 0 Å². The molecule has 2 aliphatic carbocycles. The Morgan fingerprint density at radius 3 is 2.43 bits per heavy atom. The van der Waals surface area contributed by atoms with E-state index in [0.717, 1.165) is 44.7 Å². The van der Waals surface area contributed by atoms with Gasteiger partial charge in [-0.2, -0.15) is 4.91 Å². The summed E-state index contributed by atoms with van der Waals surface area (Å²) in [6, 6.07) is 21.9. The van der Waals surface area contributed by atoms with Crippen LogP contribution in [0.4, 0.5) is 0 Å². The molecule has 0 bridgehead atoms. The molecule has 4 nitrogen and oxygen atoms in total. The van der Waals surface area contributed by atoms with Crippen LogP contribution in [0.1, 0.15) is 37.3 Å². The smallest absolute Gasteiger partial charge is 0.150 e. The van der Waals surface area contributed by atoms with E-state index in [1.54, 1.807) is 0 Å². The molecule has 2 aliphatic rings. The maximum absolute atomic E-state index is 11.3. The molecule has 0 N–H and O–H groups in total. The van der Waals surface area contributed by atoms with Crippen molar-refractivity contribution in [2.75, 3.05) is 0 Å². The predicted molar refractivity (Wildman–Crippen MR) is 151 cm³/mol. The van der Waals surface area contributed by atoms with Crippen molar-refractivity contribution in [3.63, 3.8) is 0 Å². The van der Waals surface area contributed by atoms with Crippen molar-refractivity contribution in [1.82, 2.24) is 0 Å². The molecule has 0 saturated carbocycles. The molecule has 0 aromatic heterocycles. The van der Waals surface area contributed by atoms with E-state index in [1.807, 2.05) is 37.3 Å². The van der Waals surface area contributed by atoms with Gasteiger partial charge in [-0.25, -0.2) is 0 Å². The largest absolute Gasteiger partial charge is 0.490 e. The number of nitroso groups, excluding NO2 is 1. The molecule has 0 aliphatic heterocycles. The zero-order chi connectivity index (χ0) is 25.9. The molecule has 0 amide bonds. The lowest BCUT2D eigenvalue weighted by Crippen LogP contribution is -2.29. The molecule has 5 rings (SSSR count). The fourth-order valence-corrected chi connectivity index (χ4v) is 5.60. The summed E-state index contributed by atoms with van der Waals surface area (Å²) in [7, 11) is 0. The molecule has 3 atom stereocenters. The van der Waals surface area contributed by atoms with E-state index in [0.29, 0.717) is 30.6 Å². The number of aldehydes is 1. The van der Waals surface area contributed by atoms with Crippen LogP contribution in [0.5, 0.6) is 0 Å². The molecule has 37 heavy (non-hydrogen) atoms. The van der Waals surface area contributed by atoms with E-state index in [1.165, 1.54) is 5.56 Å². The fraction of sp³-hybridized carbons (Fsp3) is 0.219. The van der Waals surface area contributed by atoms with Crippen molar-refractivity contribution in [3.8, 4) is 22.3 Å². The van der Waals surface area contributed by atoms with E-state index < -0.39 is 6.04 Å². The Balaban J connectivity index is 1.41. The van der Waals surface area contributed by atoms with Crippen molar-refractivity contribution in [3.05, 3.63) is 112 Å². The average Bonchev–Trinajstić information content (AvgIpc) is 2.90. The number of ether oxygens (including phenoxy) is 1. The van der Waals surface area contributed by atoms with Crippen LogP contribution in [0.3, 0.4) is 0 Å². The minimum atomic E-state index is -0.844. The van der Waals surface area contributed by atoms with Gasteiger partial charge in [-0.1, -0.05) is 83.5 Å². The van der Waals surface area contributed by atoms with E-state index in [-0.39, 0.29) is 12.0 Å². The van der Waals surface area contributed by atoms with Crippen LogP contribution < -0.4 is 0 Å². The Labute approximate surface area is 222 Å². The van der Waals surface area contributed by atoms with Crippen molar-refractivity contribution in [2.24, 2.45) is 11.1 Å². The third-order valence-corrected chi connectivity index (χ3v) is 7.48.